The summed E-state index contributed by atoms with van der Waals surface area (Å²) in [7, 11) is 0. The molecule has 0 aliphatic carbocycles. The summed E-state index contributed by atoms with van der Waals surface area (Å²) >= 11 is 0. The van der Waals surface area contributed by atoms with Crippen LogP contribution < -0.4 is 10.5 Å². The Labute approximate surface area is 81.6 Å². The summed E-state index contributed by atoms with van der Waals surface area (Å²) in [5.74, 6) is 0.479. The van der Waals surface area contributed by atoms with Crippen LogP contribution in [0.5, 0.6) is 5.75 Å². The summed E-state index contributed by atoms with van der Waals surface area (Å²) in [5, 5.41) is 10.5. The van der Waals surface area contributed by atoms with Crippen molar-refractivity contribution in [3.05, 3.63) is 28.3 Å². The second-order valence-corrected chi connectivity index (χ2v) is 2.83. The Bertz CT molecular complexity index is 339. The monoisotopic (exact) mass is 196 g/mol. The summed E-state index contributed by atoms with van der Waals surface area (Å²) in [6.07, 6.45) is 0.859. The Hall–Kier alpha value is -1.78. The fourth-order valence-corrected chi connectivity index (χ4v) is 0.991. The van der Waals surface area contributed by atoms with E-state index in [9.17, 15) is 10.1 Å². The number of rotatable bonds is 4. The van der Waals surface area contributed by atoms with E-state index >= 15 is 0 Å². The van der Waals surface area contributed by atoms with Crippen molar-refractivity contribution in [2.45, 2.75) is 13.3 Å². The molecule has 0 atom stereocenters. The molecule has 0 spiro atoms. The summed E-state index contributed by atoms with van der Waals surface area (Å²) < 4.78 is 5.24. The van der Waals surface area contributed by atoms with Gasteiger partial charge in [-0.15, -0.1) is 0 Å². The molecule has 0 amide bonds. The standard InChI is InChI=1S/C9H12N2O3/c1-2-5-14-7-3-4-8(10)9(6-7)11(12)13/h3-4,6H,2,5,10H2,1H3. The fraction of sp³-hybridized carbons (Fsp3) is 0.333. The first-order valence-electron chi connectivity index (χ1n) is 4.32. The molecule has 0 heterocycles. The van der Waals surface area contributed by atoms with Gasteiger partial charge >= 0.3 is 0 Å². The molecule has 1 aromatic rings. The van der Waals surface area contributed by atoms with Crippen LogP contribution in [0.15, 0.2) is 18.2 Å². The Kier molecular flexibility index (Phi) is 3.28. The molecule has 0 saturated heterocycles. The predicted octanol–water partition coefficient (Wildman–Crippen LogP) is 1.97. The lowest BCUT2D eigenvalue weighted by Crippen LogP contribution is -1.99. The summed E-state index contributed by atoms with van der Waals surface area (Å²) in [6, 6.07) is 4.44. The van der Waals surface area contributed by atoms with Gasteiger partial charge in [-0.1, -0.05) is 6.92 Å². The van der Waals surface area contributed by atoms with Gasteiger partial charge in [0.25, 0.3) is 5.69 Å². The van der Waals surface area contributed by atoms with Gasteiger partial charge in [0.2, 0.25) is 0 Å². The second kappa shape index (κ2) is 4.45. The summed E-state index contributed by atoms with van der Waals surface area (Å²) in [4.78, 5) is 10.00. The van der Waals surface area contributed by atoms with E-state index in [0.29, 0.717) is 12.4 Å². The molecule has 0 aromatic heterocycles. The third-order valence-electron chi connectivity index (χ3n) is 1.67. The van der Waals surface area contributed by atoms with Gasteiger partial charge in [0.15, 0.2) is 0 Å². The van der Waals surface area contributed by atoms with Gasteiger partial charge in [0.05, 0.1) is 17.6 Å². The molecule has 0 fully saturated rings. The number of nitrogen functional groups attached to an aromatic ring is 1. The Morgan fingerprint density at radius 3 is 2.86 bits per heavy atom. The van der Waals surface area contributed by atoms with Crippen molar-refractivity contribution in [2.75, 3.05) is 12.3 Å². The highest BCUT2D eigenvalue weighted by molar-refractivity contribution is 5.60. The van der Waals surface area contributed by atoms with Gasteiger partial charge in [-0.25, -0.2) is 0 Å². The van der Waals surface area contributed by atoms with Crippen LogP contribution in [0.2, 0.25) is 0 Å². The number of benzene rings is 1. The molecule has 0 unspecified atom stereocenters. The van der Waals surface area contributed by atoms with Gasteiger partial charge in [0.1, 0.15) is 11.4 Å². The number of nitrogens with zero attached hydrogens (tertiary/aromatic N) is 1. The van der Waals surface area contributed by atoms with Crippen molar-refractivity contribution in [3.8, 4) is 5.75 Å². The number of nitrogens with two attached hydrogens (primary N) is 1. The predicted molar refractivity (Wildman–Crippen MR) is 53.3 cm³/mol. The lowest BCUT2D eigenvalue weighted by molar-refractivity contribution is -0.384. The molecule has 0 saturated carbocycles. The Morgan fingerprint density at radius 2 is 2.29 bits per heavy atom. The highest BCUT2D eigenvalue weighted by Crippen LogP contribution is 2.26. The average Bonchev–Trinajstić information content (AvgIpc) is 2.16. The Morgan fingerprint density at radius 1 is 1.57 bits per heavy atom. The van der Waals surface area contributed by atoms with Crippen molar-refractivity contribution in [1.82, 2.24) is 0 Å². The van der Waals surface area contributed by atoms with E-state index in [1.807, 2.05) is 6.92 Å². The minimum absolute atomic E-state index is 0.112. The first-order valence-corrected chi connectivity index (χ1v) is 4.32. The van der Waals surface area contributed by atoms with E-state index in [0.717, 1.165) is 6.42 Å². The highest BCUT2D eigenvalue weighted by atomic mass is 16.6. The average molecular weight is 196 g/mol. The number of nitro groups is 1. The molecular formula is C9H12N2O3. The van der Waals surface area contributed by atoms with Crippen molar-refractivity contribution < 1.29 is 9.66 Å². The van der Waals surface area contributed by atoms with E-state index in [1.165, 1.54) is 12.1 Å². The molecule has 76 valence electrons. The molecule has 0 aliphatic rings. The maximum Gasteiger partial charge on any atom is 0.295 e. The maximum atomic E-state index is 10.5. The van der Waals surface area contributed by atoms with Crippen LogP contribution in [-0.2, 0) is 0 Å². The largest absolute Gasteiger partial charge is 0.493 e. The van der Waals surface area contributed by atoms with E-state index in [2.05, 4.69) is 0 Å². The fourth-order valence-electron chi connectivity index (χ4n) is 0.991. The third kappa shape index (κ3) is 2.35. The van der Waals surface area contributed by atoms with Crippen LogP contribution in [-0.4, -0.2) is 11.5 Å². The van der Waals surface area contributed by atoms with Crippen molar-refractivity contribution in [1.29, 1.82) is 0 Å². The van der Waals surface area contributed by atoms with Crippen molar-refractivity contribution in [2.24, 2.45) is 0 Å². The topological polar surface area (TPSA) is 78.4 Å². The van der Waals surface area contributed by atoms with Gasteiger partial charge < -0.3 is 10.5 Å². The minimum atomic E-state index is -0.520. The maximum absolute atomic E-state index is 10.5. The summed E-state index contributed by atoms with van der Waals surface area (Å²) in [6.45, 7) is 2.51. The molecule has 0 aliphatic heterocycles. The zero-order chi connectivity index (χ0) is 10.6. The minimum Gasteiger partial charge on any atom is -0.493 e. The quantitative estimate of drug-likeness (QED) is 0.453. The van der Waals surface area contributed by atoms with Crippen LogP contribution in [0.3, 0.4) is 0 Å². The second-order valence-electron chi connectivity index (χ2n) is 2.83. The number of nitro benzene ring substituents is 1. The molecular weight excluding hydrogens is 184 g/mol. The van der Waals surface area contributed by atoms with Crippen molar-refractivity contribution in [3.63, 3.8) is 0 Å². The lowest BCUT2D eigenvalue weighted by Gasteiger charge is -2.04. The van der Waals surface area contributed by atoms with E-state index < -0.39 is 4.92 Å². The van der Waals surface area contributed by atoms with Gasteiger partial charge in [0, 0.05) is 0 Å². The molecule has 0 radical (unpaired) electrons. The zero-order valence-electron chi connectivity index (χ0n) is 7.90. The molecule has 2 N–H and O–H groups in total. The van der Waals surface area contributed by atoms with E-state index in [1.54, 1.807) is 6.07 Å². The van der Waals surface area contributed by atoms with Crippen LogP contribution in [0.25, 0.3) is 0 Å². The first-order chi connectivity index (χ1) is 6.65. The van der Waals surface area contributed by atoms with E-state index in [-0.39, 0.29) is 11.4 Å². The van der Waals surface area contributed by atoms with Gasteiger partial charge in [-0.05, 0) is 18.6 Å². The Balaban J connectivity index is 2.89. The lowest BCUT2D eigenvalue weighted by atomic mass is 10.2. The van der Waals surface area contributed by atoms with Crippen LogP contribution in [0.4, 0.5) is 11.4 Å². The molecule has 0 bridgehead atoms. The number of hydrogen-bond donors (Lipinski definition) is 1. The van der Waals surface area contributed by atoms with Gasteiger partial charge in [-0.3, -0.25) is 10.1 Å². The number of hydrogen-bond acceptors (Lipinski definition) is 4. The molecule has 5 heteroatoms. The molecule has 14 heavy (non-hydrogen) atoms. The number of anilines is 1. The SMILES string of the molecule is CCCOc1ccc(N)c([N+](=O)[O-])c1. The first kappa shape index (κ1) is 10.3. The van der Waals surface area contributed by atoms with Crippen LogP contribution in [0.1, 0.15) is 13.3 Å². The molecule has 1 rings (SSSR count). The normalized spacial score (nSPS) is 9.79. The third-order valence-corrected chi connectivity index (χ3v) is 1.67. The zero-order valence-corrected chi connectivity index (χ0v) is 7.90. The van der Waals surface area contributed by atoms with Crippen LogP contribution in [0, 0.1) is 10.1 Å². The molecule has 5 nitrogen and oxygen atoms in total. The van der Waals surface area contributed by atoms with Crippen molar-refractivity contribution >= 4 is 11.4 Å². The van der Waals surface area contributed by atoms with E-state index in [4.69, 9.17) is 10.5 Å². The van der Waals surface area contributed by atoms with Gasteiger partial charge in [-0.2, -0.15) is 0 Å². The molecule has 1 aromatic carbocycles. The highest BCUT2D eigenvalue weighted by Gasteiger charge is 2.11. The summed E-state index contributed by atoms with van der Waals surface area (Å²) in [5.41, 5.74) is 5.46. The number of ether oxygens (including phenoxy) is 1. The smallest absolute Gasteiger partial charge is 0.295 e. The van der Waals surface area contributed by atoms with Crippen LogP contribution >= 0.6 is 0 Å².